The Bertz CT molecular complexity index is 817. The number of carbonyl (C=O) groups excluding carboxylic acids is 3. The Kier molecular flexibility index (Phi) is 5.48. The maximum absolute atomic E-state index is 12.6. The number of rotatable bonds is 4. The first-order chi connectivity index (χ1) is 12.6. The van der Waals surface area contributed by atoms with E-state index >= 15 is 0 Å². The number of aromatic nitrogens is 1. The summed E-state index contributed by atoms with van der Waals surface area (Å²) >= 11 is 5.82. The number of hydrogen-bond donors (Lipinski definition) is 1. The van der Waals surface area contributed by atoms with Crippen molar-refractivity contribution in [2.45, 2.75) is 0 Å². The van der Waals surface area contributed by atoms with Gasteiger partial charge in [-0.3, -0.25) is 19.4 Å². The predicted octanol–water partition coefficient (Wildman–Crippen LogP) is 1.90. The highest BCUT2D eigenvalue weighted by Crippen LogP contribution is 2.15. The van der Waals surface area contributed by atoms with Gasteiger partial charge in [0, 0.05) is 48.6 Å². The van der Waals surface area contributed by atoms with E-state index in [0.29, 0.717) is 42.5 Å². The Morgan fingerprint density at radius 1 is 1.08 bits per heavy atom. The zero-order valence-electron chi connectivity index (χ0n) is 13.9. The number of carbonyl (C=O) groups is 3. The Balaban J connectivity index is 1.69. The molecule has 0 bridgehead atoms. The average molecular weight is 373 g/mol. The van der Waals surface area contributed by atoms with E-state index in [4.69, 9.17) is 11.6 Å². The van der Waals surface area contributed by atoms with Gasteiger partial charge >= 0.3 is 0 Å². The first-order valence-corrected chi connectivity index (χ1v) is 8.46. The second-order valence-electron chi connectivity index (χ2n) is 5.82. The van der Waals surface area contributed by atoms with Crippen LogP contribution in [-0.2, 0) is 4.79 Å². The summed E-state index contributed by atoms with van der Waals surface area (Å²) in [4.78, 5) is 43.1. The number of nitrogens with one attached hydrogen (secondary N) is 1. The van der Waals surface area contributed by atoms with Crippen LogP contribution in [0.15, 0.2) is 42.6 Å². The zero-order chi connectivity index (χ0) is 18.5. The predicted molar refractivity (Wildman–Crippen MR) is 97.2 cm³/mol. The zero-order valence-corrected chi connectivity index (χ0v) is 14.6. The number of benzene rings is 1. The third-order valence-corrected chi connectivity index (χ3v) is 4.34. The van der Waals surface area contributed by atoms with Gasteiger partial charge in [-0.25, -0.2) is 0 Å². The minimum atomic E-state index is -0.409. The molecule has 134 valence electrons. The molecule has 0 aliphatic carbocycles. The Morgan fingerprint density at radius 2 is 1.77 bits per heavy atom. The number of piperazine rings is 1. The molecule has 3 rings (SSSR count). The molecule has 0 spiro atoms. The SMILES string of the molecule is O=CN1CCN(C(=O)c2ccnc(C(=O)Nc3ccc(Cl)cc3)c2)CC1. The molecule has 26 heavy (non-hydrogen) atoms. The summed E-state index contributed by atoms with van der Waals surface area (Å²) in [7, 11) is 0. The third kappa shape index (κ3) is 4.18. The van der Waals surface area contributed by atoms with E-state index in [1.807, 2.05) is 0 Å². The lowest BCUT2D eigenvalue weighted by molar-refractivity contribution is -0.119. The van der Waals surface area contributed by atoms with Gasteiger partial charge in [0.25, 0.3) is 11.8 Å². The molecule has 3 amide bonds. The molecule has 2 aromatic rings. The Hall–Kier alpha value is -2.93. The van der Waals surface area contributed by atoms with Gasteiger partial charge in [0.15, 0.2) is 0 Å². The van der Waals surface area contributed by atoms with Gasteiger partial charge in [0.2, 0.25) is 6.41 Å². The second kappa shape index (κ2) is 7.97. The lowest BCUT2D eigenvalue weighted by atomic mass is 10.1. The molecule has 8 heteroatoms. The number of pyridine rings is 1. The lowest BCUT2D eigenvalue weighted by Crippen LogP contribution is -2.48. The fourth-order valence-electron chi connectivity index (χ4n) is 2.63. The number of amides is 3. The Labute approximate surface area is 155 Å². The van der Waals surface area contributed by atoms with Gasteiger partial charge in [-0.05, 0) is 36.4 Å². The molecule has 0 unspecified atom stereocenters. The van der Waals surface area contributed by atoms with Crippen molar-refractivity contribution in [2.75, 3.05) is 31.5 Å². The van der Waals surface area contributed by atoms with Crippen molar-refractivity contribution in [1.29, 1.82) is 0 Å². The van der Waals surface area contributed by atoms with Crippen molar-refractivity contribution in [3.05, 3.63) is 58.9 Å². The lowest BCUT2D eigenvalue weighted by Gasteiger charge is -2.32. The van der Waals surface area contributed by atoms with Crippen LogP contribution >= 0.6 is 11.6 Å². The van der Waals surface area contributed by atoms with Crippen LogP contribution in [0.5, 0.6) is 0 Å². The van der Waals surface area contributed by atoms with Crippen molar-refractivity contribution in [1.82, 2.24) is 14.8 Å². The van der Waals surface area contributed by atoms with Gasteiger partial charge in [-0.2, -0.15) is 0 Å². The number of nitrogens with zero attached hydrogens (tertiary/aromatic N) is 3. The van der Waals surface area contributed by atoms with Gasteiger partial charge < -0.3 is 15.1 Å². The van der Waals surface area contributed by atoms with Gasteiger partial charge in [0.05, 0.1) is 0 Å². The van der Waals surface area contributed by atoms with Crippen LogP contribution in [-0.4, -0.2) is 59.2 Å². The van der Waals surface area contributed by atoms with Crippen LogP contribution in [0.1, 0.15) is 20.8 Å². The maximum atomic E-state index is 12.6. The quantitative estimate of drug-likeness (QED) is 0.831. The van der Waals surface area contributed by atoms with E-state index in [1.54, 1.807) is 40.1 Å². The fraction of sp³-hybridized carbons (Fsp3) is 0.222. The molecule has 2 heterocycles. The highest BCUT2D eigenvalue weighted by molar-refractivity contribution is 6.30. The van der Waals surface area contributed by atoms with Gasteiger partial charge in [0.1, 0.15) is 5.69 Å². The highest BCUT2D eigenvalue weighted by Gasteiger charge is 2.22. The molecule has 0 atom stereocenters. The second-order valence-corrected chi connectivity index (χ2v) is 6.26. The molecule has 7 nitrogen and oxygen atoms in total. The topological polar surface area (TPSA) is 82.6 Å². The molecular weight excluding hydrogens is 356 g/mol. The van der Waals surface area contributed by atoms with E-state index in [1.165, 1.54) is 12.3 Å². The third-order valence-electron chi connectivity index (χ3n) is 4.09. The smallest absolute Gasteiger partial charge is 0.274 e. The van der Waals surface area contributed by atoms with Crippen LogP contribution in [0.3, 0.4) is 0 Å². The molecule has 1 aliphatic rings. The highest BCUT2D eigenvalue weighted by atomic mass is 35.5. The summed E-state index contributed by atoms with van der Waals surface area (Å²) in [6.45, 7) is 1.94. The van der Waals surface area contributed by atoms with Gasteiger partial charge in [-0.1, -0.05) is 11.6 Å². The van der Waals surface area contributed by atoms with Crippen molar-refractivity contribution < 1.29 is 14.4 Å². The van der Waals surface area contributed by atoms with E-state index in [2.05, 4.69) is 10.3 Å². The normalized spacial score (nSPS) is 14.0. The van der Waals surface area contributed by atoms with E-state index in [9.17, 15) is 14.4 Å². The van der Waals surface area contributed by atoms with Crippen molar-refractivity contribution in [2.24, 2.45) is 0 Å². The monoisotopic (exact) mass is 372 g/mol. The van der Waals surface area contributed by atoms with Crippen LogP contribution in [0.25, 0.3) is 0 Å². The Morgan fingerprint density at radius 3 is 2.42 bits per heavy atom. The van der Waals surface area contributed by atoms with Crippen molar-refractivity contribution in [3.63, 3.8) is 0 Å². The number of anilines is 1. The van der Waals surface area contributed by atoms with Gasteiger partial charge in [-0.15, -0.1) is 0 Å². The maximum Gasteiger partial charge on any atom is 0.274 e. The first-order valence-electron chi connectivity index (χ1n) is 8.08. The van der Waals surface area contributed by atoms with Crippen LogP contribution in [0, 0.1) is 0 Å². The minimum Gasteiger partial charge on any atom is -0.342 e. The summed E-state index contributed by atoms with van der Waals surface area (Å²) in [5.41, 5.74) is 1.13. The molecule has 1 aliphatic heterocycles. The van der Waals surface area contributed by atoms with Crippen molar-refractivity contribution >= 4 is 35.5 Å². The van der Waals surface area contributed by atoms with E-state index < -0.39 is 5.91 Å². The number of halogens is 1. The number of hydrogen-bond acceptors (Lipinski definition) is 4. The largest absolute Gasteiger partial charge is 0.342 e. The molecule has 0 radical (unpaired) electrons. The van der Waals surface area contributed by atoms with Crippen molar-refractivity contribution in [3.8, 4) is 0 Å². The van der Waals surface area contributed by atoms with E-state index in [0.717, 1.165) is 6.41 Å². The summed E-state index contributed by atoms with van der Waals surface area (Å²) in [6, 6.07) is 9.75. The van der Waals surface area contributed by atoms with Crippen LogP contribution in [0.2, 0.25) is 5.02 Å². The standard InChI is InChI=1S/C18H17ClN4O3/c19-14-1-3-15(4-2-14)21-17(25)16-11-13(5-6-20-16)18(26)23-9-7-22(12-24)8-10-23/h1-6,11-12H,7-10H2,(H,21,25). The molecule has 1 aromatic carbocycles. The summed E-state index contributed by atoms with van der Waals surface area (Å²) in [5.74, 6) is -0.591. The summed E-state index contributed by atoms with van der Waals surface area (Å²) in [5, 5.41) is 3.29. The molecule has 1 fully saturated rings. The molecule has 1 aromatic heterocycles. The van der Waals surface area contributed by atoms with E-state index in [-0.39, 0.29) is 11.6 Å². The summed E-state index contributed by atoms with van der Waals surface area (Å²) in [6.07, 6.45) is 2.22. The summed E-state index contributed by atoms with van der Waals surface area (Å²) < 4.78 is 0. The average Bonchev–Trinajstić information content (AvgIpc) is 2.69. The molecular formula is C18H17ClN4O3. The molecule has 1 N–H and O–H groups in total. The fourth-order valence-corrected chi connectivity index (χ4v) is 2.76. The first kappa shape index (κ1) is 17.9. The molecule has 1 saturated heterocycles. The van der Waals surface area contributed by atoms with Crippen LogP contribution < -0.4 is 5.32 Å². The minimum absolute atomic E-state index is 0.150. The molecule has 0 saturated carbocycles. The van der Waals surface area contributed by atoms with Crippen LogP contribution in [0.4, 0.5) is 5.69 Å².